The predicted molar refractivity (Wildman–Crippen MR) is 121 cm³/mol. The molecule has 6 nitrogen and oxygen atoms in total. The quantitative estimate of drug-likeness (QED) is 0.465. The van der Waals surface area contributed by atoms with E-state index in [2.05, 4.69) is 20.8 Å². The maximum absolute atomic E-state index is 12.4. The maximum Gasteiger partial charge on any atom is 0.272 e. The number of halogens is 1. The molecule has 3 aromatic rings. The number of aromatic nitrogens is 2. The Balaban J connectivity index is 1.43. The van der Waals surface area contributed by atoms with Gasteiger partial charge in [-0.3, -0.25) is 9.59 Å². The van der Waals surface area contributed by atoms with Crippen LogP contribution in [0.5, 0.6) is 0 Å². The van der Waals surface area contributed by atoms with E-state index in [0.717, 1.165) is 30.3 Å². The van der Waals surface area contributed by atoms with Gasteiger partial charge in [-0.05, 0) is 50.4 Å². The molecule has 1 heterocycles. The molecule has 1 aromatic heterocycles. The third kappa shape index (κ3) is 4.71. The van der Waals surface area contributed by atoms with Crippen molar-refractivity contribution in [2.24, 2.45) is 0 Å². The maximum atomic E-state index is 12.4. The van der Waals surface area contributed by atoms with Crippen LogP contribution in [-0.2, 0) is 4.79 Å². The molecule has 1 aliphatic rings. The fraction of sp³-hybridized carbons (Fsp3) is 0.348. The zero-order valence-corrected chi connectivity index (χ0v) is 17.5. The summed E-state index contributed by atoms with van der Waals surface area (Å²) in [6.45, 7) is 0.957. The Kier molecular flexibility index (Phi) is 6.45. The second-order valence-electron chi connectivity index (χ2n) is 7.73. The molecule has 1 amide bonds. The fourth-order valence-corrected chi connectivity index (χ4v) is 3.81. The third-order valence-electron chi connectivity index (χ3n) is 5.58. The summed E-state index contributed by atoms with van der Waals surface area (Å²) in [6, 6.07) is 13.3. The van der Waals surface area contributed by atoms with Crippen LogP contribution in [0.3, 0.4) is 0 Å². The number of hydrogen-bond acceptors (Lipinski definition) is 4. The second-order valence-corrected chi connectivity index (χ2v) is 8.14. The molecule has 156 valence electrons. The number of hydrogen-bond donors (Lipinski definition) is 3. The Morgan fingerprint density at radius 3 is 2.70 bits per heavy atom. The highest BCUT2D eigenvalue weighted by Crippen LogP contribution is 2.30. The number of anilines is 1. The number of nitrogens with zero attached hydrogens (tertiary/aromatic N) is 1. The number of rotatable bonds is 8. The number of carbonyl (C=O) groups is 1. The van der Waals surface area contributed by atoms with Gasteiger partial charge in [0.2, 0.25) is 5.91 Å². The summed E-state index contributed by atoms with van der Waals surface area (Å²) < 4.78 is 0. The van der Waals surface area contributed by atoms with E-state index >= 15 is 0 Å². The minimum atomic E-state index is -0.233. The summed E-state index contributed by atoms with van der Waals surface area (Å²) in [4.78, 5) is 24.4. The minimum Gasteiger partial charge on any atom is -0.325 e. The van der Waals surface area contributed by atoms with E-state index in [1.165, 1.54) is 19.3 Å². The van der Waals surface area contributed by atoms with Gasteiger partial charge >= 0.3 is 0 Å². The van der Waals surface area contributed by atoms with Gasteiger partial charge in [0.25, 0.3) is 5.56 Å². The van der Waals surface area contributed by atoms with E-state index in [4.69, 9.17) is 11.6 Å². The zero-order chi connectivity index (χ0) is 20.9. The Labute approximate surface area is 180 Å². The van der Waals surface area contributed by atoms with E-state index in [1.807, 2.05) is 24.3 Å². The van der Waals surface area contributed by atoms with Crippen LogP contribution in [0.4, 0.5) is 5.69 Å². The first-order chi connectivity index (χ1) is 14.6. The normalized spacial score (nSPS) is 13.9. The van der Waals surface area contributed by atoms with Gasteiger partial charge in [0.05, 0.1) is 21.8 Å². The molecule has 1 fully saturated rings. The molecule has 0 radical (unpaired) electrons. The molecule has 7 heteroatoms. The molecule has 0 saturated heterocycles. The monoisotopic (exact) mass is 424 g/mol. The van der Waals surface area contributed by atoms with Crippen molar-refractivity contribution >= 4 is 34.0 Å². The summed E-state index contributed by atoms with van der Waals surface area (Å²) >= 11 is 6.31. The van der Waals surface area contributed by atoms with Crippen molar-refractivity contribution in [3.05, 3.63) is 57.8 Å². The topological polar surface area (TPSA) is 86.9 Å². The first kappa shape index (κ1) is 20.6. The Hall–Kier alpha value is -2.70. The number of carbonyl (C=O) groups excluding carboxylic acids is 1. The lowest BCUT2D eigenvalue weighted by Gasteiger charge is -2.26. The molecule has 0 unspecified atom stereocenters. The number of aromatic amines is 1. The fourth-order valence-electron chi connectivity index (χ4n) is 3.64. The molecule has 4 rings (SSSR count). The highest BCUT2D eigenvalue weighted by molar-refractivity contribution is 6.33. The SMILES string of the molecule is O=C(CCCCNC1CCC1)Nc1cc(-c2n[nH]c(=O)c3ccccc23)ccc1Cl. The Bertz CT molecular complexity index is 1110. The largest absolute Gasteiger partial charge is 0.325 e. The van der Waals surface area contributed by atoms with Gasteiger partial charge in [-0.25, -0.2) is 5.10 Å². The van der Waals surface area contributed by atoms with Gasteiger partial charge in [0, 0.05) is 23.4 Å². The number of amides is 1. The van der Waals surface area contributed by atoms with Crippen LogP contribution in [0.2, 0.25) is 5.02 Å². The molecule has 0 atom stereocenters. The van der Waals surface area contributed by atoms with Gasteiger partial charge in [-0.1, -0.05) is 42.3 Å². The van der Waals surface area contributed by atoms with Crippen LogP contribution >= 0.6 is 11.6 Å². The van der Waals surface area contributed by atoms with Gasteiger partial charge in [-0.2, -0.15) is 5.10 Å². The molecule has 0 aliphatic heterocycles. The molecule has 0 bridgehead atoms. The molecule has 30 heavy (non-hydrogen) atoms. The molecular formula is C23H25ClN4O2. The van der Waals surface area contributed by atoms with Crippen LogP contribution < -0.4 is 16.2 Å². The Morgan fingerprint density at radius 2 is 1.93 bits per heavy atom. The van der Waals surface area contributed by atoms with Crippen molar-refractivity contribution in [1.29, 1.82) is 0 Å². The highest BCUT2D eigenvalue weighted by Gasteiger charge is 2.16. The van der Waals surface area contributed by atoms with E-state index < -0.39 is 0 Å². The van der Waals surface area contributed by atoms with Crippen molar-refractivity contribution in [2.45, 2.75) is 44.6 Å². The van der Waals surface area contributed by atoms with Crippen LogP contribution in [-0.4, -0.2) is 28.7 Å². The number of unbranched alkanes of at least 4 members (excludes halogenated alkanes) is 1. The number of nitrogens with one attached hydrogen (secondary N) is 3. The smallest absolute Gasteiger partial charge is 0.272 e. The van der Waals surface area contributed by atoms with E-state index in [0.29, 0.717) is 34.3 Å². The standard InChI is InChI=1S/C23H25ClN4O2/c24-19-12-11-15(22-17-8-1-2-9-18(17)23(30)28-27-22)14-20(19)26-21(29)10-3-4-13-25-16-6-5-7-16/h1-2,8-9,11-12,14,16,25H,3-7,10,13H2,(H,26,29)(H,28,30). The van der Waals surface area contributed by atoms with Crippen molar-refractivity contribution < 1.29 is 4.79 Å². The van der Waals surface area contributed by atoms with Crippen molar-refractivity contribution in [3.8, 4) is 11.3 Å². The third-order valence-corrected chi connectivity index (χ3v) is 5.91. The highest BCUT2D eigenvalue weighted by atomic mass is 35.5. The van der Waals surface area contributed by atoms with Crippen LogP contribution in [0.25, 0.3) is 22.0 Å². The number of fused-ring (bicyclic) bond motifs is 1. The molecule has 0 spiro atoms. The average Bonchev–Trinajstić information content (AvgIpc) is 2.71. The van der Waals surface area contributed by atoms with Crippen LogP contribution in [0.1, 0.15) is 38.5 Å². The molecule has 1 saturated carbocycles. The van der Waals surface area contributed by atoms with Crippen molar-refractivity contribution in [3.63, 3.8) is 0 Å². The number of H-pyrrole nitrogens is 1. The first-order valence-electron chi connectivity index (χ1n) is 10.4. The van der Waals surface area contributed by atoms with Gasteiger partial charge < -0.3 is 10.6 Å². The predicted octanol–water partition coefficient (Wildman–Crippen LogP) is 4.49. The molecule has 1 aliphatic carbocycles. The second kappa shape index (κ2) is 9.41. The van der Waals surface area contributed by atoms with Crippen LogP contribution in [0.15, 0.2) is 47.3 Å². The first-order valence-corrected chi connectivity index (χ1v) is 10.8. The summed E-state index contributed by atoms with van der Waals surface area (Å²) in [6.07, 6.45) is 6.13. The van der Waals surface area contributed by atoms with E-state index in [9.17, 15) is 9.59 Å². The van der Waals surface area contributed by atoms with Gasteiger partial charge in [-0.15, -0.1) is 0 Å². The van der Waals surface area contributed by atoms with Gasteiger partial charge in [0.15, 0.2) is 0 Å². The zero-order valence-electron chi connectivity index (χ0n) is 16.7. The molecule has 2 aromatic carbocycles. The molecule has 3 N–H and O–H groups in total. The average molecular weight is 425 g/mol. The Morgan fingerprint density at radius 1 is 1.13 bits per heavy atom. The van der Waals surface area contributed by atoms with E-state index in [1.54, 1.807) is 18.2 Å². The summed E-state index contributed by atoms with van der Waals surface area (Å²) in [5.74, 6) is -0.0584. The lowest BCUT2D eigenvalue weighted by Crippen LogP contribution is -2.35. The summed E-state index contributed by atoms with van der Waals surface area (Å²) in [5.41, 5.74) is 1.72. The lowest BCUT2D eigenvalue weighted by molar-refractivity contribution is -0.116. The van der Waals surface area contributed by atoms with E-state index in [-0.39, 0.29) is 11.5 Å². The minimum absolute atomic E-state index is 0.0584. The number of benzene rings is 2. The lowest BCUT2D eigenvalue weighted by atomic mass is 9.93. The summed E-state index contributed by atoms with van der Waals surface area (Å²) in [7, 11) is 0. The van der Waals surface area contributed by atoms with Gasteiger partial charge in [0.1, 0.15) is 0 Å². The van der Waals surface area contributed by atoms with Crippen molar-refractivity contribution in [2.75, 3.05) is 11.9 Å². The molecular weight excluding hydrogens is 400 g/mol. The van der Waals surface area contributed by atoms with Crippen LogP contribution in [0, 0.1) is 0 Å². The van der Waals surface area contributed by atoms with Crippen molar-refractivity contribution in [1.82, 2.24) is 15.5 Å². The summed E-state index contributed by atoms with van der Waals surface area (Å²) in [5, 5.41) is 15.0.